The summed E-state index contributed by atoms with van der Waals surface area (Å²) in [6.07, 6.45) is 1.77. The van der Waals surface area contributed by atoms with Crippen LogP contribution >= 0.6 is 0 Å². The minimum absolute atomic E-state index is 0.0824. The molecule has 0 unspecified atom stereocenters. The quantitative estimate of drug-likeness (QED) is 0.590. The van der Waals surface area contributed by atoms with Crippen LogP contribution in [0.5, 0.6) is 0 Å². The number of methoxy groups -OCH3 is 1. The van der Waals surface area contributed by atoms with E-state index in [4.69, 9.17) is 14.2 Å². The SMILES string of the molecule is C=CC[C@@H]1OC(C)(C)N(C(=O)OC(C)(C)C)[C@@H]2[C@@H](C(=O)OC)[C@@H]21. The third kappa shape index (κ3) is 3.37. The monoisotopic (exact) mass is 325 g/mol. The van der Waals surface area contributed by atoms with Crippen LogP contribution in [0, 0.1) is 11.8 Å². The van der Waals surface area contributed by atoms with Gasteiger partial charge in [-0.25, -0.2) is 4.79 Å². The Kier molecular flexibility index (Phi) is 4.50. The van der Waals surface area contributed by atoms with Crippen LogP contribution in [0.4, 0.5) is 4.79 Å². The highest BCUT2D eigenvalue weighted by Gasteiger charge is 2.69. The average Bonchev–Trinajstić information content (AvgIpc) is 3.09. The summed E-state index contributed by atoms with van der Waals surface area (Å²) in [5, 5.41) is 0. The topological polar surface area (TPSA) is 65.1 Å². The van der Waals surface area contributed by atoms with E-state index in [0.717, 1.165) is 0 Å². The van der Waals surface area contributed by atoms with E-state index in [0.29, 0.717) is 6.42 Å². The third-order valence-electron chi connectivity index (χ3n) is 4.25. The number of hydrogen-bond donors (Lipinski definition) is 0. The zero-order chi connectivity index (χ0) is 17.6. The third-order valence-corrected chi connectivity index (χ3v) is 4.25. The standard InChI is InChI=1S/C17H27NO5/c1-8-9-10-11-12(14(19)21-7)13(11)18(17(5,6)22-10)15(20)23-16(2,3)4/h8,10-13H,1,9H2,2-7H3/t10-,11-,12-,13-/m0/s1. The Balaban J connectivity index is 2.29. The fourth-order valence-corrected chi connectivity index (χ4v) is 3.42. The highest BCUT2D eigenvalue weighted by atomic mass is 16.6. The van der Waals surface area contributed by atoms with Crippen molar-refractivity contribution in [3.8, 4) is 0 Å². The molecule has 1 saturated carbocycles. The molecule has 0 bridgehead atoms. The normalized spacial score (nSPS) is 31.8. The van der Waals surface area contributed by atoms with Crippen molar-refractivity contribution in [3.05, 3.63) is 12.7 Å². The van der Waals surface area contributed by atoms with Crippen molar-refractivity contribution >= 4 is 12.1 Å². The van der Waals surface area contributed by atoms with Crippen LogP contribution < -0.4 is 0 Å². The van der Waals surface area contributed by atoms with Crippen LogP contribution in [-0.4, -0.2) is 47.5 Å². The Labute approximate surface area is 137 Å². The minimum atomic E-state index is -0.861. The first kappa shape index (κ1) is 17.8. The summed E-state index contributed by atoms with van der Waals surface area (Å²) in [6, 6.07) is -0.258. The maximum Gasteiger partial charge on any atom is 0.412 e. The number of carbonyl (C=O) groups is 2. The Bertz CT molecular complexity index is 508. The second-order valence-corrected chi connectivity index (χ2v) is 7.59. The highest BCUT2D eigenvalue weighted by molar-refractivity contribution is 5.80. The molecule has 1 amide bonds. The van der Waals surface area contributed by atoms with E-state index >= 15 is 0 Å². The van der Waals surface area contributed by atoms with Crippen LogP contribution in [0.15, 0.2) is 12.7 Å². The van der Waals surface area contributed by atoms with Crippen LogP contribution in [-0.2, 0) is 19.0 Å². The van der Waals surface area contributed by atoms with E-state index < -0.39 is 17.4 Å². The molecular weight excluding hydrogens is 298 g/mol. The molecule has 0 aromatic rings. The molecule has 130 valence electrons. The molecular formula is C17H27NO5. The maximum atomic E-state index is 12.6. The van der Waals surface area contributed by atoms with Crippen molar-refractivity contribution in [1.82, 2.24) is 4.90 Å². The molecule has 1 aliphatic carbocycles. The molecule has 0 N–H and O–H groups in total. The summed E-state index contributed by atoms with van der Waals surface area (Å²) < 4.78 is 16.5. The summed E-state index contributed by atoms with van der Waals surface area (Å²) in [5.41, 5.74) is -1.48. The van der Waals surface area contributed by atoms with Gasteiger partial charge in [0.2, 0.25) is 0 Å². The van der Waals surface area contributed by atoms with Gasteiger partial charge in [-0.2, -0.15) is 0 Å². The zero-order valence-electron chi connectivity index (χ0n) is 14.8. The Morgan fingerprint density at radius 3 is 2.43 bits per heavy atom. The molecule has 1 aliphatic heterocycles. The van der Waals surface area contributed by atoms with Gasteiger partial charge in [0.05, 0.1) is 25.2 Å². The molecule has 4 atom stereocenters. The summed E-state index contributed by atoms with van der Waals surface area (Å²) >= 11 is 0. The van der Waals surface area contributed by atoms with Gasteiger partial charge in [0.25, 0.3) is 0 Å². The summed E-state index contributed by atoms with van der Waals surface area (Å²) in [7, 11) is 1.36. The summed E-state index contributed by atoms with van der Waals surface area (Å²) in [5.74, 6) is -0.774. The molecule has 0 aromatic heterocycles. The van der Waals surface area contributed by atoms with Gasteiger partial charge in [0, 0.05) is 5.92 Å². The molecule has 0 spiro atoms. The minimum Gasteiger partial charge on any atom is -0.469 e. The average molecular weight is 325 g/mol. The van der Waals surface area contributed by atoms with Gasteiger partial charge in [-0.05, 0) is 41.0 Å². The summed E-state index contributed by atoms with van der Waals surface area (Å²) in [4.78, 5) is 26.3. The Morgan fingerprint density at radius 2 is 1.96 bits per heavy atom. The first-order chi connectivity index (χ1) is 10.5. The van der Waals surface area contributed by atoms with Gasteiger partial charge in [0.15, 0.2) is 0 Å². The van der Waals surface area contributed by atoms with Crippen LogP contribution in [0.3, 0.4) is 0 Å². The number of hydrogen-bond acceptors (Lipinski definition) is 5. The second-order valence-electron chi connectivity index (χ2n) is 7.59. The number of esters is 1. The number of carbonyl (C=O) groups excluding carboxylic acids is 2. The number of nitrogens with zero attached hydrogens (tertiary/aromatic N) is 1. The van der Waals surface area contributed by atoms with Gasteiger partial charge in [0.1, 0.15) is 11.3 Å². The predicted molar refractivity (Wildman–Crippen MR) is 84.6 cm³/mol. The van der Waals surface area contributed by atoms with E-state index in [-0.39, 0.29) is 30.0 Å². The second kappa shape index (κ2) is 5.82. The van der Waals surface area contributed by atoms with Crippen molar-refractivity contribution in [3.63, 3.8) is 0 Å². The fourth-order valence-electron chi connectivity index (χ4n) is 3.42. The van der Waals surface area contributed by atoms with Gasteiger partial charge >= 0.3 is 12.1 Å². The lowest BCUT2D eigenvalue weighted by molar-refractivity contribution is -0.191. The number of fused-ring (bicyclic) bond motifs is 1. The van der Waals surface area contributed by atoms with Crippen molar-refractivity contribution in [2.75, 3.05) is 7.11 Å². The van der Waals surface area contributed by atoms with Crippen molar-refractivity contribution in [2.24, 2.45) is 11.8 Å². The number of ether oxygens (including phenoxy) is 3. The Morgan fingerprint density at radius 1 is 1.35 bits per heavy atom. The van der Waals surface area contributed by atoms with Crippen molar-refractivity contribution < 1.29 is 23.8 Å². The molecule has 23 heavy (non-hydrogen) atoms. The maximum absolute atomic E-state index is 12.6. The van der Waals surface area contributed by atoms with E-state index in [1.807, 2.05) is 34.6 Å². The number of amides is 1. The number of rotatable bonds is 3. The first-order valence-electron chi connectivity index (χ1n) is 7.92. The van der Waals surface area contributed by atoms with Crippen LogP contribution in [0.2, 0.25) is 0 Å². The van der Waals surface area contributed by atoms with Crippen molar-refractivity contribution in [2.45, 2.75) is 64.5 Å². The predicted octanol–water partition coefficient (Wildman–Crippen LogP) is 2.72. The zero-order valence-corrected chi connectivity index (χ0v) is 14.8. The first-order valence-corrected chi connectivity index (χ1v) is 7.92. The van der Waals surface area contributed by atoms with Gasteiger partial charge < -0.3 is 14.2 Å². The molecule has 6 nitrogen and oxygen atoms in total. The summed E-state index contributed by atoms with van der Waals surface area (Å²) in [6.45, 7) is 12.8. The van der Waals surface area contributed by atoms with Gasteiger partial charge in [-0.3, -0.25) is 9.69 Å². The molecule has 0 aromatic carbocycles. The molecule has 2 fully saturated rings. The van der Waals surface area contributed by atoms with Crippen LogP contribution in [0.25, 0.3) is 0 Å². The van der Waals surface area contributed by atoms with E-state index in [1.54, 1.807) is 11.0 Å². The van der Waals surface area contributed by atoms with E-state index in [9.17, 15) is 9.59 Å². The Hall–Kier alpha value is -1.56. The van der Waals surface area contributed by atoms with E-state index in [1.165, 1.54) is 7.11 Å². The molecule has 2 aliphatic rings. The smallest absolute Gasteiger partial charge is 0.412 e. The molecule has 1 saturated heterocycles. The van der Waals surface area contributed by atoms with Crippen molar-refractivity contribution in [1.29, 1.82) is 0 Å². The highest BCUT2D eigenvalue weighted by Crippen LogP contribution is 2.55. The molecule has 1 heterocycles. The molecule has 2 rings (SSSR count). The lowest BCUT2D eigenvalue weighted by Gasteiger charge is -2.45. The fraction of sp³-hybridized carbons (Fsp3) is 0.765. The molecule has 6 heteroatoms. The van der Waals surface area contributed by atoms with Gasteiger partial charge in [-0.15, -0.1) is 6.58 Å². The largest absolute Gasteiger partial charge is 0.469 e. The molecule has 0 radical (unpaired) electrons. The van der Waals surface area contributed by atoms with Crippen LogP contribution in [0.1, 0.15) is 41.0 Å². The lowest BCUT2D eigenvalue weighted by atomic mass is 10.1. The van der Waals surface area contributed by atoms with Gasteiger partial charge in [-0.1, -0.05) is 6.08 Å². The lowest BCUT2D eigenvalue weighted by Crippen LogP contribution is -2.58. The van der Waals surface area contributed by atoms with E-state index in [2.05, 4.69) is 6.58 Å².